The fourth-order valence-electron chi connectivity index (χ4n) is 1.99. The second kappa shape index (κ2) is 7.08. The highest BCUT2D eigenvalue weighted by Gasteiger charge is 2.33. The fourth-order valence-corrected chi connectivity index (χ4v) is 2.87. The average Bonchev–Trinajstić information content (AvgIpc) is 2.95. The lowest BCUT2D eigenvalue weighted by Crippen LogP contribution is -2.24. The Balaban J connectivity index is 1.94. The van der Waals surface area contributed by atoms with Gasteiger partial charge in [-0.05, 0) is 24.7 Å². The largest absolute Gasteiger partial charge is 0.434 e. The number of likely N-dealkylation sites (N-methyl/N-ethyl adjacent to an activating group) is 1. The van der Waals surface area contributed by atoms with Crippen LogP contribution in [-0.4, -0.2) is 28.6 Å². The number of aliphatic hydroxyl groups excluding tert-OH is 1. The van der Waals surface area contributed by atoms with E-state index < -0.39 is 18.0 Å². The molecule has 0 saturated heterocycles. The van der Waals surface area contributed by atoms with Crippen molar-refractivity contribution in [3.05, 3.63) is 51.5 Å². The van der Waals surface area contributed by atoms with Gasteiger partial charge in [0.2, 0.25) is 0 Å². The fraction of sp³-hybridized carbons (Fsp3) is 0.333. The molecule has 0 aliphatic heterocycles. The van der Waals surface area contributed by atoms with E-state index in [0.717, 1.165) is 16.7 Å². The van der Waals surface area contributed by atoms with Gasteiger partial charge in [0.1, 0.15) is 5.01 Å². The summed E-state index contributed by atoms with van der Waals surface area (Å²) < 4.78 is 37.5. The second-order valence-electron chi connectivity index (χ2n) is 5.07. The lowest BCUT2D eigenvalue weighted by atomic mass is 10.1. The van der Waals surface area contributed by atoms with Gasteiger partial charge in [0.05, 0.1) is 24.3 Å². The molecule has 122 valence electrons. The van der Waals surface area contributed by atoms with Gasteiger partial charge in [-0.2, -0.15) is 18.4 Å². The van der Waals surface area contributed by atoms with Crippen LogP contribution in [0.3, 0.4) is 0 Å². The number of hydrogen-bond donors (Lipinski definition) is 1. The number of aliphatic hydroxyl groups is 1. The van der Waals surface area contributed by atoms with E-state index in [1.54, 1.807) is 36.2 Å². The molecular formula is C15H14F3N3OS. The maximum atomic E-state index is 12.5. The predicted octanol–water partition coefficient (Wildman–Crippen LogP) is 3.20. The molecule has 2 aromatic rings. The molecule has 1 unspecified atom stereocenters. The molecule has 8 heteroatoms. The molecule has 23 heavy (non-hydrogen) atoms. The Morgan fingerprint density at radius 2 is 2.00 bits per heavy atom. The van der Waals surface area contributed by atoms with Crippen LogP contribution >= 0.6 is 11.3 Å². The lowest BCUT2D eigenvalue weighted by Gasteiger charge is -2.19. The predicted molar refractivity (Wildman–Crippen MR) is 79.6 cm³/mol. The Morgan fingerprint density at radius 3 is 2.52 bits per heavy atom. The average molecular weight is 341 g/mol. The highest BCUT2D eigenvalue weighted by atomic mass is 32.1. The van der Waals surface area contributed by atoms with Crippen LogP contribution in [-0.2, 0) is 12.7 Å². The van der Waals surface area contributed by atoms with Gasteiger partial charge >= 0.3 is 6.18 Å². The normalized spacial score (nSPS) is 13.1. The van der Waals surface area contributed by atoms with Crippen molar-refractivity contribution < 1.29 is 18.3 Å². The van der Waals surface area contributed by atoms with Crippen molar-refractivity contribution in [3.63, 3.8) is 0 Å². The van der Waals surface area contributed by atoms with Crippen molar-refractivity contribution in [2.45, 2.75) is 18.8 Å². The summed E-state index contributed by atoms with van der Waals surface area (Å²) in [6.07, 6.45) is -5.23. The summed E-state index contributed by atoms with van der Waals surface area (Å²) in [5, 5.41) is 20.2. The molecule has 2 rings (SSSR count). The lowest BCUT2D eigenvalue weighted by molar-refractivity contribution is -0.140. The van der Waals surface area contributed by atoms with E-state index in [2.05, 4.69) is 4.98 Å². The number of rotatable bonds is 5. The number of hydrogen-bond acceptors (Lipinski definition) is 5. The van der Waals surface area contributed by atoms with Gasteiger partial charge in [-0.3, -0.25) is 4.90 Å². The first-order valence-corrected chi connectivity index (χ1v) is 7.56. The summed E-state index contributed by atoms with van der Waals surface area (Å²) in [6.45, 7) is 0.459. The van der Waals surface area contributed by atoms with E-state index in [9.17, 15) is 18.3 Å². The Bertz CT molecular complexity index is 691. The number of halogens is 3. The second-order valence-corrected chi connectivity index (χ2v) is 6.01. The van der Waals surface area contributed by atoms with E-state index >= 15 is 0 Å². The number of benzene rings is 1. The van der Waals surface area contributed by atoms with Gasteiger partial charge in [0.15, 0.2) is 5.69 Å². The van der Waals surface area contributed by atoms with Crippen LogP contribution in [0.15, 0.2) is 29.6 Å². The van der Waals surface area contributed by atoms with E-state index in [1.165, 1.54) is 0 Å². The van der Waals surface area contributed by atoms with Crippen LogP contribution in [0.2, 0.25) is 0 Å². The number of nitrogens with zero attached hydrogens (tertiary/aromatic N) is 3. The van der Waals surface area contributed by atoms with Gasteiger partial charge < -0.3 is 5.11 Å². The van der Waals surface area contributed by atoms with E-state index in [4.69, 9.17) is 5.26 Å². The third-order valence-corrected chi connectivity index (χ3v) is 3.99. The minimum atomic E-state index is -4.44. The molecule has 1 aromatic carbocycles. The highest BCUT2D eigenvalue weighted by molar-refractivity contribution is 7.09. The summed E-state index contributed by atoms with van der Waals surface area (Å²) in [5.74, 6) is 0. The van der Waals surface area contributed by atoms with Crippen molar-refractivity contribution in [3.8, 4) is 6.07 Å². The number of alkyl halides is 3. The zero-order valence-corrected chi connectivity index (χ0v) is 13.0. The number of thiazole rings is 1. The SMILES string of the molecule is CN(Cc1nc(C(F)(F)F)cs1)CC(O)c1ccc(C#N)cc1. The summed E-state index contributed by atoms with van der Waals surface area (Å²) in [7, 11) is 1.70. The Morgan fingerprint density at radius 1 is 1.35 bits per heavy atom. The van der Waals surface area contributed by atoms with Gasteiger partial charge in [-0.1, -0.05) is 12.1 Å². The van der Waals surface area contributed by atoms with Crippen molar-refractivity contribution in [2.24, 2.45) is 0 Å². The van der Waals surface area contributed by atoms with Gasteiger partial charge in [-0.15, -0.1) is 11.3 Å². The molecule has 0 aliphatic rings. The Hall–Kier alpha value is -1.95. The first kappa shape index (κ1) is 17.4. The minimum Gasteiger partial charge on any atom is -0.387 e. The summed E-state index contributed by atoms with van der Waals surface area (Å²) in [5.41, 5.74) is 0.251. The van der Waals surface area contributed by atoms with Gasteiger partial charge in [-0.25, -0.2) is 4.98 Å². The van der Waals surface area contributed by atoms with Crippen LogP contribution in [0.1, 0.15) is 27.9 Å². The molecule has 0 fully saturated rings. The monoisotopic (exact) mass is 341 g/mol. The molecule has 1 N–H and O–H groups in total. The maximum Gasteiger partial charge on any atom is 0.434 e. The van der Waals surface area contributed by atoms with Gasteiger partial charge in [0.25, 0.3) is 0 Å². The zero-order chi connectivity index (χ0) is 17.0. The number of nitriles is 1. The molecule has 0 saturated carbocycles. The molecule has 0 radical (unpaired) electrons. The smallest absolute Gasteiger partial charge is 0.387 e. The van der Waals surface area contributed by atoms with Crippen LogP contribution in [0.5, 0.6) is 0 Å². The van der Waals surface area contributed by atoms with E-state index in [0.29, 0.717) is 16.1 Å². The van der Waals surface area contributed by atoms with Crippen LogP contribution < -0.4 is 0 Å². The summed E-state index contributed by atoms with van der Waals surface area (Å²) >= 11 is 0.942. The summed E-state index contributed by atoms with van der Waals surface area (Å²) in [6, 6.07) is 8.51. The quantitative estimate of drug-likeness (QED) is 0.907. The zero-order valence-electron chi connectivity index (χ0n) is 12.2. The molecule has 0 aliphatic carbocycles. The molecule has 1 heterocycles. The third-order valence-electron chi connectivity index (χ3n) is 3.16. The molecule has 0 amide bonds. The van der Waals surface area contributed by atoms with Crippen LogP contribution in [0, 0.1) is 11.3 Å². The minimum absolute atomic E-state index is 0.216. The van der Waals surface area contributed by atoms with Crippen molar-refractivity contribution in [1.29, 1.82) is 5.26 Å². The third kappa shape index (κ3) is 4.76. The molecule has 1 aromatic heterocycles. The molecule has 0 bridgehead atoms. The van der Waals surface area contributed by atoms with Crippen LogP contribution in [0.25, 0.3) is 0 Å². The Labute approximate surface area is 135 Å². The van der Waals surface area contributed by atoms with Crippen LogP contribution in [0.4, 0.5) is 13.2 Å². The Kier molecular flexibility index (Phi) is 5.36. The molecule has 4 nitrogen and oxygen atoms in total. The summed E-state index contributed by atoms with van der Waals surface area (Å²) in [4.78, 5) is 5.25. The van der Waals surface area contributed by atoms with Crippen molar-refractivity contribution in [1.82, 2.24) is 9.88 Å². The topological polar surface area (TPSA) is 60.1 Å². The van der Waals surface area contributed by atoms with E-state index in [1.807, 2.05) is 6.07 Å². The van der Waals surface area contributed by atoms with Crippen molar-refractivity contribution in [2.75, 3.05) is 13.6 Å². The first-order valence-electron chi connectivity index (χ1n) is 6.68. The number of aromatic nitrogens is 1. The van der Waals surface area contributed by atoms with Gasteiger partial charge in [0, 0.05) is 11.9 Å². The standard InChI is InChI=1S/C15H14F3N3OS/c1-21(8-14-20-13(9-23-14)15(16,17)18)7-12(22)11-4-2-10(6-19)3-5-11/h2-5,9,12,22H,7-8H2,1H3. The maximum absolute atomic E-state index is 12.5. The van der Waals surface area contributed by atoms with Crippen molar-refractivity contribution >= 4 is 11.3 Å². The molecular weight excluding hydrogens is 327 g/mol. The molecule has 0 spiro atoms. The molecule has 1 atom stereocenters. The van der Waals surface area contributed by atoms with E-state index in [-0.39, 0.29) is 13.1 Å². The first-order chi connectivity index (χ1) is 10.8. The highest BCUT2D eigenvalue weighted by Crippen LogP contribution is 2.30.